The monoisotopic (exact) mass is 244 g/mol. The average molecular weight is 244 g/mol. The predicted octanol–water partition coefficient (Wildman–Crippen LogP) is 4.15. The minimum absolute atomic E-state index is 0.402. The van der Waals surface area contributed by atoms with Crippen molar-refractivity contribution >= 4 is 10.9 Å². The van der Waals surface area contributed by atoms with E-state index in [1.54, 1.807) is 0 Å². The van der Waals surface area contributed by atoms with E-state index in [4.69, 9.17) is 0 Å². The van der Waals surface area contributed by atoms with Crippen LogP contribution in [0.15, 0.2) is 12.1 Å². The van der Waals surface area contributed by atoms with Gasteiger partial charge in [0.15, 0.2) is 0 Å². The van der Waals surface area contributed by atoms with Gasteiger partial charge < -0.3 is 10.3 Å². The van der Waals surface area contributed by atoms with Crippen LogP contribution in [0.2, 0.25) is 0 Å². The van der Waals surface area contributed by atoms with Gasteiger partial charge in [-0.3, -0.25) is 0 Å². The van der Waals surface area contributed by atoms with Crippen LogP contribution in [0.3, 0.4) is 0 Å². The molecule has 1 aromatic heterocycles. The number of rotatable bonds is 4. The first-order chi connectivity index (χ1) is 8.56. The molecule has 0 spiro atoms. The molecule has 0 aliphatic carbocycles. The number of H-pyrrole nitrogens is 1. The number of hydrogen-bond acceptors (Lipinski definition) is 1. The molecule has 0 fully saturated rings. The highest BCUT2D eigenvalue weighted by atomic mass is 14.9. The van der Waals surface area contributed by atoms with Gasteiger partial charge in [0.2, 0.25) is 0 Å². The summed E-state index contributed by atoms with van der Waals surface area (Å²) in [5.41, 5.74) is 6.71. The van der Waals surface area contributed by atoms with Crippen LogP contribution in [-0.2, 0) is 0 Å². The Hall–Kier alpha value is -1.28. The maximum absolute atomic E-state index is 3.59. The molecule has 2 aromatic rings. The van der Waals surface area contributed by atoms with Gasteiger partial charge in [0.25, 0.3) is 0 Å². The Balaban J connectivity index is 2.56. The van der Waals surface area contributed by atoms with Crippen molar-refractivity contribution in [2.24, 2.45) is 0 Å². The number of aromatic amines is 1. The molecular weight excluding hydrogens is 220 g/mol. The molecule has 0 amide bonds. The van der Waals surface area contributed by atoms with Gasteiger partial charge in [0, 0.05) is 22.6 Å². The summed E-state index contributed by atoms with van der Waals surface area (Å²) in [5.74, 6) is 0. The third-order valence-electron chi connectivity index (χ3n) is 3.74. The van der Waals surface area contributed by atoms with Crippen LogP contribution in [0.25, 0.3) is 10.9 Å². The first-order valence-electron chi connectivity index (χ1n) is 6.88. The van der Waals surface area contributed by atoms with Gasteiger partial charge in [0.1, 0.15) is 0 Å². The minimum Gasteiger partial charge on any atom is -0.358 e. The molecule has 18 heavy (non-hydrogen) atoms. The van der Waals surface area contributed by atoms with Crippen molar-refractivity contribution in [2.75, 3.05) is 6.54 Å². The minimum atomic E-state index is 0.402. The van der Waals surface area contributed by atoms with Gasteiger partial charge in [0.05, 0.1) is 0 Å². The quantitative estimate of drug-likeness (QED) is 0.830. The van der Waals surface area contributed by atoms with E-state index in [0.717, 1.165) is 6.54 Å². The van der Waals surface area contributed by atoms with Gasteiger partial charge in [-0.15, -0.1) is 0 Å². The molecule has 0 radical (unpaired) electrons. The van der Waals surface area contributed by atoms with Crippen molar-refractivity contribution in [1.29, 1.82) is 0 Å². The highest BCUT2D eigenvalue weighted by Gasteiger charge is 2.16. The normalized spacial score (nSPS) is 13.2. The van der Waals surface area contributed by atoms with Crippen molar-refractivity contribution in [3.8, 4) is 0 Å². The SMILES string of the molecule is CCCNC(C)c1c(C)[nH]c2c(C)ccc(C)c12. The molecule has 1 aromatic carbocycles. The fourth-order valence-corrected chi connectivity index (χ4v) is 2.77. The fourth-order valence-electron chi connectivity index (χ4n) is 2.77. The molecule has 1 heterocycles. The molecule has 0 saturated carbocycles. The molecule has 0 aliphatic heterocycles. The Morgan fingerprint density at radius 3 is 2.50 bits per heavy atom. The molecule has 0 aliphatic rings. The van der Waals surface area contributed by atoms with Crippen molar-refractivity contribution in [3.05, 3.63) is 34.5 Å². The Bertz CT molecular complexity index is 552. The van der Waals surface area contributed by atoms with Crippen LogP contribution in [-0.4, -0.2) is 11.5 Å². The van der Waals surface area contributed by atoms with E-state index in [-0.39, 0.29) is 0 Å². The van der Waals surface area contributed by atoms with Crippen molar-refractivity contribution < 1.29 is 0 Å². The van der Waals surface area contributed by atoms with E-state index in [2.05, 4.69) is 57.1 Å². The zero-order valence-corrected chi connectivity index (χ0v) is 12.1. The van der Waals surface area contributed by atoms with Crippen molar-refractivity contribution in [2.45, 2.75) is 47.1 Å². The molecule has 0 bridgehead atoms. The van der Waals surface area contributed by atoms with Crippen LogP contribution in [0.4, 0.5) is 0 Å². The number of fused-ring (bicyclic) bond motifs is 1. The lowest BCUT2D eigenvalue weighted by atomic mass is 9.99. The Labute approximate surface area is 110 Å². The second kappa shape index (κ2) is 5.15. The summed E-state index contributed by atoms with van der Waals surface area (Å²) in [6.45, 7) is 12.1. The summed E-state index contributed by atoms with van der Waals surface area (Å²) in [7, 11) is 0. The van der Waals surface area contributed by atoms with Gasteiger partial charge in [-0.25, -0.2) is 0 Å². The summed E-state index contributed by atoms with van der Waals surface area (Å²) in [5, 5.41) is 5.00. The van der Waals surface area contributed by atoms with Gasteiger partial charge >= 0.3 is 0 Å². The van der Waals surface area contributed by atoms with E-state index in [1.807, 2.05) is 0 Å². The first kappa shape index (κ1) is 13.2. The number of aryl methyl sites for hydroxylation is 3. The Morgan fingerprint density at radius 1 is 1.17 bits per heavy atom. The van der Waals surface area contributed by atoms with Crippen LogP contribution >= 0.6 is 0 Å². The molecule has 2 nitrogen and oxygen atoms in total. The lowest BCUT2D eigenvalue weighted by molar-refractivity contribution is 0.571. The third-order valence-corrected chi connectivity index (χ3v) is 3.74. The summed E-state index contributed by atoms with van der Waals surface area (Å²) in [6.07, 6.45) is 1.17. The van der Waals surface area contributed by atoms with E-state index in [0.29, 0.717) is 6.04 Å². The predicted molar refractivity (Wildman–Crippen MR) is 79.2 cm³/mol. The summed E-state index contributed by atoms with van der Waals surface area (Å²) >= 11 is 0. The molecule has 2 rings (SSSR count). The topological polar surface area (TPSA) is 27.8 Å². The van der Waals surface area contributed by atoms with E-state index < -0.39 is 0 Å². The van der Waals surface area contributed by atoms with Crippen molar-refractivity contribution in [1.82, 2.24) is 10.3 Å². The van der Waals surface area contributed by atoms with E-state index >= 15 is 0 Å². The highest BCUT2D eigenvalue weighted by molar-refractivity contribution is 5.90. The maximum Gasteiger partial charge on any atom is 0.0491 e. The third kappa shape index (κ3) is 2.17. The van der Waals surface area contributed by atoms with Crippen molar-refractivity contribution in [3.63, 3.8) is 0 Å². The van der Waals surface area contributed by atoms with E-state index in [9.17, 15) is 0 Å². The standard InChI is InChI=1S/C16H24N2/c1-6-9-17-12(4)15-13(5)18-16-11(3)8-7-10(2)14(15)16/h7-8,12,17-18H,6,9H2,1-5H3. The summed E-state index contributed by atoms with van der Waals surface area (Å²) in [6, 6.07) is 4.82. The van der Waals surface area contributed by atoms with Gasteiger partial charge in [-0.05, 0) is 57.4 Å². The van der Waals surface area contributed by atoms with Crippen LogP contribution in [0.5, 0.6) is 0 Å². The number of benzene rings is 1. The summed E-state index contributed by atoms with van der Waals surface area (Å²) in [4.78, 5) is 3.55. The lowest BCUT2D eigenvalue weighted by Crippen LogP contribution is -2.19. The highest BCUT2D eigenvalue weighted by Crippen LogP contribution is 2.31. The van der Waals surface area contributed by atoms with E-state index in [1.165, 1.54) is 39.7 Å². The fraction of sp³-hybridized carbons (Fsp3) is 0.500. The molecule has 1 atom stereocenters. The maximum atomic E-state index is 3.59. The Morgan fingerprint density at radius 2 is 1.83 bits per heavy atom. The Kier molecular flexibility index (Phi) is 3.76. The largest absolute Gasteiger partial charge is 0.358 e. The molecule has 1 unspecified atom stereocenters. The molecule has 0 saturated heterocycles. The molecule has 98 valence electrons. The lowest BCUT2D eigenvalue weighted by Gasteiger charge is -2.15. The number of hydrogen-bond donors (Lipinski definition) is 2. The number of aromatic nitrogens is 1. The molecule has 2 heteroatoms. The zero-order valence-electron chi connectivity index (χ0n) is 12.1. The average Bonchev–Trinajstić information content (AvgIpc) is 2.69. The first-order valence-corrected chi connectivity index (χ1v) is 6.88. The smallest absolute Gasteiger partial charge is 0.0491 e. The zero-order chi connectivity index (χ0) is 13.3. The second-order valence-electron chi connectivity index (χ2n) is 5.29. The van der Waals surface area contributed by atoms with Crippen LogP contribution < -0.4 is 5.32 Å². The second-order valence-corrected chi connectivity index (χ2v) is 5.29. The van der Waals surface area contributed by atoms with Gasteiger partial charge in [-0.2, -0.15) is 0 Å². The number of nitrogens with one attached hydrogen (secondary N) is 2. The summed E-state index contributed by atoms with van der Waals surface area (Å²) < 4.78 is 0. The molecule has 2 N–H and O–H groups in total. The van der Waals surface area contributed by atoms with Crippen LogP contribution in [0, 0.1) is 20.8 Å². The van der Waals surface area contributed by atoms with Gasteiger partial charge in [-0.1, -0.05) is 19.1 Å². The molecular formula is C16H24N2. The van der Waals surface area contributed by atoms with Crippen LogP contribution in [0.1, 0.15) is 48.7 Å².